The standard InChI is InChI=1S/C15H30N2O4S/c1-12(2)11-20-15-5-7-16(8-6-15)22(18,19)17-9-13(3)21-14(4)10-17/h12-15H,5-11H2,1-4H3. The molecule has 0 aromatic heterocycles. The van der Waals surface area contributed by atoms with Crippen LogP contribution in [0.4, 0.5) is 0 Å². The van der Waals surface area contributed by atoms with Gasteiger partial charge in [0.05, 0.1) is 18.3 Å². The summed E-state index contributed by atoms with van der Waals surface area (Å²) in [4.78, 5) is 0. The van der Waals surface area contributed by atoms with Gasteiger partial charge in [-0.15, -0.1) is 0 Å². The molecule has 0 amide bonds. The van der Waals surface area contributed by atoms with Crippen LogP contribution < -0.4 is 0 Å². The molecule has 130 valence electrons. The Kier molecular flexibility index (Phi) is 6.24. The van der Waals surface area contributed by atoms with Gasteiger partial charge < -0.3 is 9.47 Å². The Morgan fingerprint density at radius 3 is 2.14 bits per heavy atom. The van der Waals surface area contributed by atoms with Crippen molar-refractivity contribution >= 4 is 10.2 Å². The second-order valence-electron chi connectivity index (χ2n) is 6.91. The van der Waals surface area contributed by atoms with Gasteiger partial charge in [0, 0.05) is 32.8 Å². The van der Waals surface area contributed by atoms with Crippen molar-refractivity contribution in [1.29, 1.82) is 0 Å². The number of piperidine rings is 1. The fraction of sp³-hybridized carbons (Fsp3) is 1.00. The van der Waals surface area contributed by atoms with Gasteiger partial charge in [-0.1, -0.05) is 13.8 Å². The zero-order chi connectivity index (χ0) is 16.3. The number of rotatable bonds is 5. The Morgan fingerprint density at radius 2 is 1.64 bits per heavy atom. The van der Waals surface area contributed by atoms with Crippen LogP contribution >= 0.6 is 0 Å². The normalized spacial score (nSPS) is 30.0. The molecule has 0 saturated carbocycles. The van der Waals surface area contributed by atoms with E-state index < -0.39 is 10.2 Å². The van der Waals surface area contributed by atoms with Gasteiger partial charge in [0.2, 0.25) is 0 Å². The summed E-state index contributed by atoms with van der Waals surface area (Å²) in [5.41, 5.74) is 0. The van der Waals surface area contributed by atoms with Gasteiger partial charge in [-0.25, -0.2) is 0 Å². The minimum atomic E-state index is -3.37. The van der Waals surface area contributed by atoms with E-state index in [2.05, 4.69) is 13.8 Å². The van der Waals surface area contributed by atoms with Crippen molar-refractivity contribution in [2.75, 3.05) is 32.8 Å². The van der Waals surface area contributed by atoms with Gasteiger partial charge in [0.25, 0.3) is 10.2 Å². The molecule has 0 spiro atoms. The van der Waals surface area contributed by atoms with E-state index in [0.717, 1.165) is 19.4 Å². The SMILES string of the molecule is CC(C)COC1CCN(S(=O)(=O)N2CC(C)OC(C)C2)CC1. The third kappa shape index (κ3) is 4.64. The molecule has 2 rings (SSSR count). The van der Waals surface area contributed by atoms with Gasteiger partial charge >= 0.3 is 0 Å². The number of morpholine rings is 1. The first-order valence-corrected chi connectivity index (χ1v) is 9.71. The highest BCUT2D eigenvalue weighted by molar-refractivity contribution is 7.86. The maximum absolute atomic E-state index is 12.8. The highest BCUT2D eigenvalue weighted by atomic mass is 32.2. The summed E-state index contributed by atoms with van der Waals surface area (Å²) >= 11 is 0. The Hall–Kier alpha value is -0.210. The summed E-state index contributed by atoms with van der Waals surface area (Å²) in [6.45, 7) is 10.8. The van der Waals surface area contributed by atoms with Gasteiger partial charge in [-0.05, 0) is 32.6 Å². The third-order valence-electron chi connectivity index (χ3n) is 4.10. The maximum atomic E-state index is 12.8. The summed E-state index contributed by atoms with van der Waals surface area (Å²) < 4.78 is 40.2. The average molecular weight is 334 g/mol. The number of hydrogen-bond donors (Lipinski definition) is 0. The molecule has 2 aliphatic rings. The number of nitrogens with zero attached hydrogens (tertiary/aromatic N) is 2. The fourth-order valence-corrected chi connectivity index (χ4v) is 4.84. The largest absolute Gasteiger partial charge is 0.378 e. The summed E-state index contributed by atoms with van der Waals surface area (Å²) in [5.74, 6) is 0.512. The molecule has 2 atom stereocenters. The second-order valence-corrected chi connectivity index (χ2v) is 8.84. The molecule has 0 radical (unpaired) electrons. The molecular weight excluding hydrogens is 304 g/mol. The van der Waals surface area contributed by atoms with Crippen LogP contribution in [0.15, 0.2) is 0 Å². The van der Waals surface area contributed by atoms with Crippen molar-refractivity contribution in [2.24, 2.45) is 5.92 Å². The summed E-state index contributed by atoms with van der Waals surface area (Å²) in [6.07, 6.45) is 1.65. The first-order valence-electron chi connectivity index (χ1n) is 8.31. The van der Waals surface area contributed by atoms with E-state index in [4.69, 9.17) is 9.47 Å². The molecule has 0 aliphatic carbocycles. The molecule has 2 heterocycles. The smallest absolute Gasteiger partial charge is 0.282 e. The van der Waals surface area contributed by atoms with Crippen LogP contribution in [0.1, 0.15) is 40.5 Å². The molecule has 0 N–H and O–H groups in total. The Morgan fingerprint density at radius 1 is 1.09 bits per heavy atom. The molecule has 0 aromatic carbocycles. The number of hydrogen-bond acceptors (Lipinski definition) is 4. The summed E-state index contributed by atoms with van der Waals surface area (Å²) in [7, 11) is -3.37. The van der Waals surface area contributed by atoms with E-state index in [9.17, 15) is 8.42 Å². The van der Waals surface area contributed by atoms with Crippen LogP contribution in [-0.2, 0) is 19.7 Å². The van der Waals surface area contributed by atoms with E-state index in [1.807, 2.05) is 13.8 Å². The van der Waals surface area contributed by atoms with Crippen LogP contribution in [-0.4, -0.2) is 68.1 Å². The highest BCUT2D eigenvalue weighted by Gasteiger charge is 2.37. The zero-order valence-electron chi connectivity index (χ0n) is 14.2. The van der Waals surface area contributed by atoms with Crippen molar-refractivity contribution in [2.45, 2.75) is 58.8 Å². The van der Waals surface area contributed by atoms with Crippen molar-refractivity contribution < 1.29 is 17.9 Å². The molecule has 6 nitrogen and oxygen atoms in total. The first kappa shape index (κ1) is 18.1. The molecule has 0 bridgehead atoms. The monoisotopic (exact) mass is 334 g/mol. The topological polar surface area (TPSA) is 59.1 Å². The van der Waals surface area contributed by atoms with Gasteiger partial charge in [0.1, 0.15) is 0 Å². The fourth-order valence-electron chi connectivity index (χ4n) is 3.04. The lowest BCUT2D eigenvalue weighted by molar-refractivity contribution is -0.0464. The van der Waals surface area contributed by atoms with Crippen LogP contribution in [0.25, 0.3) is 0 Å². The maximum Gasteiger partial charge on any atom is 0.282 e. The lowest BCUT2D eigenvalue weighted by Crippen LogP contribution is -2.54. The predicted molar refractivity (Wildman–Crippen MR) is 85.9 cm³/mol. The minimum absolute atomic E-state index is 0.0505. The Balaban J connectivity index is 1.89. The molecular formula is C15H30N2O4S. The van der Waals surface area contributed by atoms with E-state index in [1.54, 1.807) is 8.61 Å². The van der Waals surface area contributed by atoms with Crippen LogP contribution in [0.3, 0.4) is 0 Å². The van der Waals surface area contributed by atoms with Gasteiger partial charge in [-0.3, -0.25) is 0 Å². The minimum Gasteiger partial charge on any atom is -0.378 e. The molecule has 7 heteroatoms. The second kappa shape index (κ2) is 7.57. The van der Waals surface area contributed by atoms with Crippen LogP contribution in [0.5, 0.6) is 0 Å². The van der Waals surface area contributed by atoms with E-state index in [1.165, 1.54) is 0 Å². The molecule has 0 aromatic rings. The summed E-state index contributed by atoms with van der Waals surface area (Å²) in [6, 6.07) is 0. The molecule has 2 aliphatic heterocycles. The predicted octanol–water partition coefficient (Wildman–Crippen LogP) is 1.48. The summed E-state index contributed by atoms with van der Waals surface area (Å²) in [5, 5.41) is 0. The molecule has 2 saturated heterocycles. The first-order chi connectivity index (χ1) is 10.3. The Bertz CT molecular complexity index is 436. The third-order valence-corrected chi connectivity index (χ3v) is 6.07. The van der Waals surface area contributed by atoms with Crippen LogP contribution in [0.2, 0.25) is 0 Å². The van der Waals surface area contributed by atoms with E-state index >= 15 is 0 Å². The number of ether oxygens (including phenoxy) is 2. The van der Waals surface area contributed by atoms with Crippen LogP contribution in [0, 0.1) is 5.92 Å². The zero-order valence-corrected chi connectivity index (χ0v) is 15.0. The van der Waals surface area contributed by atoms with E-state index in [-0.39, 0.29) is 18.3 Å². The lowest BCUT2D eigenvalue weighted by atomic mass is 10.1. The molecule has 2 unspecified atom stereocenters. The van der Waals surface area contributed by atoms with Crippen molar-refractivity contribution in [3.63, 3.8) is 0 Å². The molecule has 2 fully saturated rings. The van der Waals surface area contributed by atoms with Crippen molar-refractivity contribution in [3.8, 4) is 0 Å². The molecule has 22 heavy (non-hydrogen) atoms. The quantitative estimate of drug-likeness (QED) is 0.764. The van der Waals surface area contributed by atoms with Gasteiger partial charge in [0.15, 0.2) is 0 Å². The van der Waals surface area contributed by atoms with E-state index in [0.29, 0.717) is 32.1 Å². The highest BCUT2D eigenvalue weighted by Crippen LogP contribution is 2.22. The lowest BCUT2D eigenvalue weighted by Gasteiger charge is -2.39. The van der Waals surface area contributed by atoms with Crippen molar-refractivity contribution in [3.05, 3.63) is 0 Å². The van der Waals surface area contributed by atoms with Crippen molar-refractivity contribution in [1.82, 2.24) is 8.61 Å². The average Bonchev–Trinajstić information content (AvgIpc) is 2.44. The Labute approximate surface area is 134 Å². The van der Waals surface area contributed by atoms with Gasteiger partial charge in [-0.2, -0.15) is 17.0 Å².